The summed E-state index contributed by atoms with van der Waals surface area (Å²) in [4.78, 5) is 16.3. The average Bonchev–Trinajstić information content (AvgIpc) is 2.50. The van der Waals surface area contributed by atoms with Crippen molar-refractivity contribution in [1.82, 2.24) is 10.3 Å². The number of amidine groups is 1. The van der Waals surface area contributed by atoms with Crippen LogP contribution >= 0.6 is 11.6 Å². The smallest absolute Gasteiger partial charge is 0.422 e. The van der Waals surface area contributed by atoms with Crippen LogP contribution in [0.5, 0.6) is 5.75 Å². The molecule has 11 heteroatoms. The molecule has 152 valence electrons. The van der Waals surface area contributed by atoms with Gasteiger partial charge in [-0.05, 0) is 18.8 Å². The molecule has 4 N–H and O–H groups in total. The average molecular weight is 411 g/mol. The number of carbonyl (C=O) groups is 1. The van der Waals surface area contributed by atoms with E-state index in [-0.39, 0.29) is 27.7 Å². The van der Waals surface area contributed by atoms with Crippen LogP contribution in [0.4, 0.5) is 13.2 Å². The molecular weight excluding hydrogens is 389 g/mol. The molecule has 1 aromatic heterocycles. The third kappa shape index (κ3) is 7.12. The van der Waals surface area contributed by atoms with E-state index in [0.29, 0.717) is 6.42 Å². The normalized spacial score (nSPS) is 15.2. The largest absolute Gasteiger partial charge is 0.482 e. The summed E-state index contributed by atoms with van der Waals surface area (Å²) >= 11 is 5.76. The molecule has 0 fully saturated rings. The highest BCUT2D eigenvalue weighted by molar-refractivity contribution is 6.32. The molecule has 0 radical (unpaired) electrons. The summed E-state index contributed by atoms with van der Waals surface area (Å²) in [6.07, 6.45) is -3.24. The first-order valence-electron chi connectivity index (χ1n) is 7.82. The number of nitrogens with zero attached hydrogens (tertiary/aromatic N) is 2. The van der Waals surface area contributed by atoms with E-state index < -0.39 is 24.2 Å². The molecule has 1 atom stereocenters. The number of nitrogens with two attached hydrogens (primary N) is 1. The van der Waals surface area contributed by atoms with E-state index in [9.17, 15) is 18.0 Å². The first-order chi connectivity index (χ1) is 12.2. The Morgan fingerprint density at radius 3 is 2.44 bits per heavy atom. The Morgan fingerprint density at radius 2 is 1.96 bits per heavy atom. The van der Waals surface area contributed by atoms with Crippen LogP contribution in [0.1, 0.15) is 44.6 Å². The third-order valence-corrected chi connectivity index (χ3v) is 3.67. The maximum atomic E-state index is 12.5. The zero-order valence-corrected chi connectivity index (χ0v) is 16.1. The minimum absolute atomic E-state index is 0.176. The first kappa shape index (κ1) is 22.8. The van der Waals surface area contributed by atoms with E-state index in [0.717, 1.165) is 12.3 Å². The van der Waals surface area contributed by atoms with Gasteiger partial charge in [-0.15, -0.1) is 0 Å². The Kier molecular flexibility index (Phi) is 6.93. The highest BCUT2D eigenvalue weighted by Crippen LogP contribution is 2.29. The summed E-state index contributed by atoms with van der Waals surface area (Å²) in [5.41, 5.74) is 3.97. The van der Waals surface area contributed by atoms with Crippen molar-refractivity contribution >= 4 is 23.3 Å². The van der Waals surface area contributed by atoms with E-state index in [1.165, 1.54) is 0 Å². The molecule has 0 aliphatic heterocycles. The molecule has 1 unspecified atom stereocenters. The van der Waals surface area contributed by atoms with E-state index in [2.05, 4.69) is 20.2 Å². The van der Waals surface area contributed by atoms with Gasteiger partial charge in [0.2, 0.25) is 0 Å². The lowest BCUT2D eigenvalue weighted by atomic mass is 9.80. The standard InChI is InChI=1S/C16H22ClF3N4O3/c1-14(2,3)7-15(4,13(21)24-26)23-12(25)10-5-11(9(17)6-22-10)27-8-16(18,19)20/h5-6,26H,7-8H2,1-4H3,(H2,21,24)(H,23,25). The number of oxime groups is 1. The summed E-state index contributed by atoms with van der Waals surface area (Å²) in [6.45, 7) is 5.68. The maximum absolute atomic E-state index is 12.5. The molecule has 0 aliphatic rings. The van der Waals surface area contributed by atoms with E-state index in [1.54, 1.807) is 6.92 Å². The number of amides is 1. The SMILES string of the molecule is CC(C)(C)CC(C)(NC(=O)c1cc(OCC(F)(F)F)c(Cl)cn1)/C(N)=N\O. The summed E-state index contributed by atoms with van der Waals surface area (Å²) in [6, 6.07) is 0.993. The van der Waals surface area contributed by atoms with E-state index in [1.807, 2.05) is 20.8 Å². The molecule has 1 amide bonds. The summed E-state index contributed by atoms with van der Waals surface area (Å²) < 4.78 is 41.6. The zero-order chi connectivity index (χ0) is 21.0. The van der Waals surface area contributed by atoms with Crippen LogP contribution in [0.25, 0.3) is 0 Å². The van der Waals surface area contributed by atoms with Crippen molar-refractivity contribution in [3.05, 3.63) is 23.0 Å². The second kappa shape index (κ2) is 8.20. The van der Waals surface area contributed by atoms with Gasteiger partial charge in [-0.1, -0.05) is 37.5 Å². The Hall–Kier alpha value is -2.23. The lowest BCUT2D eigenvalue weighted by molar-refractivity contribution is -0.153. The Morgan fingerprint density at radius 1 is 1.37 bits per heavy atom. The van der Waals surface area contributed by atoms with Gasteiger partial charge in [-0.2, -0.15) is 13.2 Å². The third-order valence-electron chi connectivity index (χ3n) is 3.39. The highest BCUT2D eigenvalue weighted by Gasteiger charge is 2.36. The number of rotatable bonds is 6. The topological polar surface area (TPSA) is 110 Å². The number of halogens is 4. The van der Waals surface area contributed by atoms with E-state index in [4.69, 9.17) is 22.5 Å². The molecule has 0 bridgehead atoms. The van der Waals surface area contributed by atoms with Crippen molar-refractivity contribution < 1.29 is 27.9 Å². The van der Waals surface area contributed by atoms with Crippen molar-refractivity contribution in [2.45, 2.75) is 45.8 Å². The van der Waals surface area contributed by atoms with Crippen molar-refractivity contribution in [1.29, 1.82) is 0 Å². The van der Waals surface area contributed by atoms with Crippen molar-refractivity contribution in [3.63, 3.8) is 0 Å². The van der Waals surface area contributed by atoms with Gasteiger partial charge in [-0.3, -0.25) is 4.79 Å². The molecule has 7 nitrogen and oxygen atoms in total. The van der Waals surface area contributed by atoms with Gasteiger partial charge in [0.25, 0.3) is 5.91 Å². The van der Waals surface area contributed by atoms with Gasteiger partial charge in [-0.25, -0.2) is 4.98 Å². The molecular formula is C16H22ClF3N4O3. The molecule has 0 aromatic carbocycles. The molecule has 1 rings (SSSR count). The van der Waals surface area contributed by atoms with Crippen LogP contribution < -0.4 is 15.8 Å². The number of hydrogen-bond acceptors (Lipinski definition) is 5. The minimum atomic E-state index is -4.56. The quantitative estimate of drug-likeness (QED) is 0.288. The van der Waals surface area contributed by atoms with Crippen LogP contribution in [0.15, 0.2) is 17.4 Å². The summed E-state index contributed by atoms with van der Waals surface area (Å²) in [5.74, 6) is -1.31. The molecule has 1 heterocycles. The Bertz CT molecular complexity index is 720. The van der Waals surface area contributed by atoms with E-state index >= 15 is 0 Å². The van der Waals surface area contributed by atoms with Gasteiger partial charge >= 0.3 is 6.18 Å². The lowest BCUT2D eigenvalue weighted by Gasteiger charge is -2.35. The Balaban J connectivity index is 3.09. The predicted molar refractivity (Wildman–Crippen MR) is 94.1 cm³/mol. The molecule has 27 heavy (non-hydrogen) atoms. The summed E-state index contributed by atoms with van der Waals surface area (Å²) in [7, 11) is 0. The van der Waals surface area contributed by atoms with Gasteiger partial charge in [0.05, 0.1) is 11.7 Å². The molecule has 0 saturated heterocycles. The number of ether oxygens (including phenoxy) is 1. The number of alkyl halides is 3. The number of pyridine rings is 1. The fraction of sp³-hybridized carbons (Fsp3) is 0.562. The number of aromatic nitrogens is 1. The van der Waals surface area contributed by atoms with Crippen molar-refractivity contribution in [3.8, 4) is 5.75 Å². The number of carbonyl (C=O) groups excluding carboxylic acids is 1. The molecule has 0 saturated carbocycles. The molecule has 1 aromatic rings. The highest BCUT2D eigenvalue weighted by atomic mass is 35.5. The summed E-state index contributed by atoms with van der Waals surface area (Å²) in [5, 5.41) is 14.4. The van der Waals surface area contributed by atoms with Gasteiger partial charge in [0.15, 0.2) is 12.4 Å². The Labute approximate surface area is 159 Å². The lowest BCUT2D eigenvalue weighted by Crippen LogP contribution is -2.57. The fourth-order valence-corrected chi connectivity index (χ4v) is 2.66. The number of nitrogens with one attached hydrogen (secondary N) is 1. The minimum Gasteiger partial charge on any atom is -0.482 e. The van der Waals surface area contributed by atoms with Crippen LogP contribution in [-0.4, -0.2) is 40.3 Å². The maximum Gasteiger partial charge on any atom is 0.422 e. The van der Waals surface area contributed by atoms with Crippen LogP contribution in [0.2, 0.25) is 5.02 Å². The second-order valence-corrected chi connectivity index (χ2v) is 7.82. The van der Waals surface area contributed by atoms with Gasteiger partial charge < -0.3 is 21.0 Å². The first-order valence-corrected chi connectivity index (χ1v) is 8.20. The van der Waals surface area contributed by atoms with Gasteiger partial charge in [0, 0.05) is 6.07 Å². The van der Waals surface area contributed by atoms with Crippen molar-refractivity contribution in [2.75, 3.05) is 6.61 Å². The van der Waals surface area contributed by atoms with Gasteiger partial charge in [0.1, 0.15) is 16.5 Å². The van der Waals surface area contributed by atoms with Crippen LogP contribution in [0.3, 0.4) is 0 Å². The molecule has 0 spiro atoms. The van der Waals surface area contributed by atoms with Crippen molar-refractivity contribution in [2.24, 2.45) is 16.3 Å². The number of hydrogen-bond donors (Lipinski definition) is 3. The monoisotopic (exact) mass is 410 g/mol. The second-order valence-electron chi connectivity index (χ2n) is 7.41. The predicted octanol–water partition coefficient (Wildman–Crippen LogP) is 3.35. The fourth-order valence-electron chi connectivity index (χ4n) is 2.50. The van der Waals surface area contributed by atoms with Crippen LogP contribution in [-0.2, 0) is 0 Å². The van der Waals surface area contributed by atoms with Crippen LogP contribution in [0, 0.1) is 5.41 Å². The molecule has 0 aliphatic carbocycles. The zero-order valence-electron chi connectivity index (χ0n) is 15.3.